The molecule has 0 fully saturated rings. The first kappa shape index (κ1) is 14.2. The Labute approximate surface area is 107 Å². The number of aliphatic carboxylic acids is 1. The fourth-order valence-electron chi connectivity index (χ4n) is 1.65. The first-order chi connectivity index (χ1) is 8.21. The molecule has 1 rings (SSSR count). The van der Waals surface area contributed by atoms with Crippen LogP contribution < -0.4 is 5.32 Å². The quantitative estimate of drug-likeness (QED) is 0.863. The minimum atomic E-state index is -1.02. The van der Waals surface area contributed by atoms with Crippen LogP contribution in [0.1, 0.15) is 36.7 Å². The van der Waals surface area contributed by atoms with E-state index >= 15 is 0 Å². The van der Waals surface area contributed by atoms with Crippen LogP contribution in [-0.2, 0) is 4.79 Å². The van der Waals surface area contributed by atoms with Gasteiger partial charge in [0.25, 0.3) is 5.91 Å². The van der Waals surface area contributed by atoms with Crippen molar-refractivity contribution in [1.29, 1.82) is 0 Å². The molecule has 0 heterocycles. The van der Waals surface area contributed by atoms with Gasteiger partial charge in [0.1, 0.15) is 6.04 Å². The number of carboxylic acid groups (broad SMARTS) is 1. The number of hydrogen-bond acceptors (Lipinski definition) is 2. The zero-order chi connectivity index (χ0) is 13.9. The third-order valence-electron chi connectivity index (χ3n) is 2.67. The second-order valence-corrected chi connectivity index (χ2v) is 5.48. The van der Waals surface area contributed by atoms with Crippen LogP contribution in [-0.4, -0.2) is 23.0 Å². The van der Waals surface area contributed by atoms with Gasteiger partial charge in [-0.05, 0) is 24.5 Å². The van der Waals surface area contributed by atoms with Gasteiger partial charge in [-0.1, -0.05) is 38.5 Å². The number of hydrogen-bond donors (Lipinski definition) is 2. The van der Waals surface area contributed by atoms with Crippen LogP contribution in [0.4, 0.5) is 0 Å². The average Bonchev–Trinajstić information content (AvgIpc) is 2.23. The SMILES string of the molecule is Cc1cccc(C(=O)N[C@@H](C(=O)O)C(C)(C)C)c1. The highest BCUT2D eigenvalue weighted by molar-refractivity contribution is 5.96. The van der Waals surface area contributed by atoms with Gasteiger partial charge in [-0.25, -0.2) is 4.79 Å². The lowest BCUT2D eigenvalue weighted by molar-refractivity contribution is -0.142. The summed E-state index contributed by atoms with van der Waals surface area (Å²) in [6.07, 6.45) is 0. The van der Waals surface area contributed by atoms with E-state index in [1.165, 1.54) is 0 Å². The zero-order valence-corrected chi connectivity index (χ0v) is 11.2. The first-order valence-corrected chi connectivity index (χ1v) is 5.82. The summed E-state index contributed by atoms with van der Waals surface area (Å²) in [6, 6.07) is 6.15. The molecule has 0 aliphatic rings. The standard InChI is InChI=1S/C14H19NO3/c1-9-6-5-7-10(8-9)12(16)15-11(13(17)18)14(2,3)4/h5-8,11H,1-4H3,(H,15,16)(H,17,18)/t11-/m0/s1. The maximum atomic E-state index is 12.0. The number of benzene rings is 1. The Kier molecular flexibility index (Phi) is 4.11. The molecule has 0 aromatic heterocycles. The summed E-state index contributed by atoms with van der Waals surface area (Å²) in [5.41, 5.74) is 0.904. The lowest BCUT2D eigenvalue weighted by Gasteiger charge is -2.27. The number of aryl methyl sites for hydroxylation is 1. The topological polar surface area (TPSA) is 66.4 Å². The van der Waals surface area contributed by atoms with E-state index in [9.17, 15) is 9.59 Å². The van der Waals surface area contributed by atoms with Gasteiger partial charge < -0.3 is 10.4 Å². The number of carbonyl (C=O) groups excluding carboxylic acids is 1. The van der Waals surface area contributed by atoms with Gasteiger partial charge in [0.05, 0.1) is 0 Å². The zero-order valence-electron chi connectivity index (χ0n) is 11.2. The van der Waals surface area contributed by atoms with Gasteiger partial charge in [0.2, 0.25) is 0 Å². The van der Waals surface area contributed by atoms with Gasteiger partial charge >= 0.3 is 5.97 Å². The van der Waals surface area contributed by atoms with Gasteiger partial charge in [-0.2, -0.15) is 0 Å². The molecule has 0 unspecified atom stereocenters. The van der Waals surface area contributed by atoms with Crippen LogP contribution >= 0.6 is 0 Å². The van der Waals surface area contributed by atoms with Crippen molar-refractivity contribution in [3.8, 4) is 0 Å². The summed E-state index contributed by atoms with van der Waals surface area (Å²) in [6.45, 7) is 7.22. The van der Waals surface area contributed by atoms with E-state index in [1.807, 2.05) is 13.0 Å². The largest absolute Gasteiger partial charge is 0.480 e. The average molecular weight is 249 g/mol. The number of nitrogens with one attached hydrogen (secondary N) is 1. The molecule has 4 heteroatoms. The monoisotopic (exact) mass is 249 g/mol. The highest BCUT2D eigenvalue weighted by atomic mass is 16.4. The van der Waals surface area contributed by atoms with Crippen molar-refractivity contribution in [2.45, 2.75) is 33.7 Å². The highest BCUT2D eigenvalue weighted by Gasteiger charge is 2.32. The molecule has 1 amide bonds. The summed E-state index contributed by atoms with van der Waals surface area (Å²) in [5, 5.41) is 11.7. The van der Waals surface area contributed by atoms with Crippen molar-refractivity contribution < 1.29 is 14.7 Å². The second kappa shape index (κ2) is 5.21. The Morgan fingerprint density at radius 3 is 2.33 bits per heavy atom. The molecule has 0 radical (unpaired) electrons. The molecule has 1 atom stereocenters. The minimum absolute atomic E-state index is 0.360. The molecule has 4 nitrogen and oxygen atoms in total. The number of rotatable bonds is 3. The molecular weight excluding hydrogens is 230 g/mol. The molecule has 0 spiro atoms. The summed E-state index contributed by atoms with van der Waals surface area (Å²) in [4.78, 5) is 23.1. The summed E-state index contributed by atoms with van der Waals surface area (Å²) < 4.78 is 0. The van der Waals surface area contributed by atoms with E-state index in [-0.39, 0.29) is 5.91 Å². The molecular formula is C14H19NO3. The summed E-state index contributed by atoms with van der Waals surface area (Å²) >= 11 is 0. The fraction of sp³-hybridized carbons (Fsp3) is 0.429. The Morgan fingerprint density at radius 2 is 1.89 bits per heavy atom. The van der Waals surface area contributed by atoms with Crippen molar-refractivity contribution in [3.63, 3.8) is 0 Å². The van der Waals surface area contributed by atoms with Gasteiger partial charge in [-0.3, -0.25) is 4.79 Å². The van der Waals surface area contributed by atoms with Crippen LogP contribution in [0.25, 0.3) is 0 Å². The van der Waals surface area contributed by atoms with Crippen LogP contribution in [0, 0.1) is 12.3 Å². The first-order valence-electron chi connectivity index (χ1n) is 5.82. The normalized spacial score (nSPS) is 12.9. The molecule has 98 valence electrons. The highest BCUT2D eigenvalue weighted by Crippen LogP contribution is 2.20. The van der Waals surface area contributed by atoms with E-state index in [2.05, 4.69) is 5.32 Å². The smallest absolute Gasteiger partial charge is 0.326 e. The molecule has 0 saturated heterocycles. The maximum Gasteiger partial charge on any atom is 0.326 e. The molecule has 0 saturated carbocycles. The van der Waals surface area contributed by atoms with E-state index in [0.717, 1.165) is 5.56 Å². The van der Waals surface area contributed by atoms with Crippen LogP contribution in [0.15, 0.2) is 24.3 Å². The molecule has 1 aromatic carbocycles. The van der Waals surface area contributed by atoms with E-state index in [0.29, 0.717) is 5.56 Å². The van der Waals surface area contributed by atoms with Gasteiger partial charge in [-0.15, -0.1) is 0 Å². The van der Waals surface area contributed by atoms with Crippen molar-refractivity contribution in [2.24, 2.45) is 5.41 Å². The number of amides is 1. The van der Waals surface area contributed by atoms with Crippen molar-refractivity contribution in [2.75, 3.05) is 0 Å². The van der Waals surface area contributed by atoms with Crippen molar-refractivity contribution >= 4 is 11.9 Å². The third-order valence-corrected chi connectivity index (χ3v) is 2.67. The van der Waals surface area contributed by atoms with Gasteiger partial charge in [0, 0.05) is 5.56 Å². The summed E-state index contributed by atoms with van der Waals surface area (Å²) in [5.74, 6) is -1.38. The Bertz CT molecular complexity index is 460. The predicted molar refractivity (Wildman–Crippen MR) is 69.5 cm³/mol. The molecule has 0 aliphatic heterocycles. The van der Waals surface area contributed by atoms with Crippen LogP contribution in [0.3, 0.4) is 0 Å². The third kappa shape index (κ3) is 3.58. The molecule has 0 bridgehead atoms. The Morgan fingerprint density at radius 1 is 1.28 bits per heavy atom. The number of carbonyl (C=O) groups is 2. The van der Waals surface area contributed by atoms with E-state index < -0.39 is 17.4 Å². The van der Waals surface area contributed by atoms with Crippen LogP contribution in [0.5, 0.6) is 0 Å². The van der Waals surface area contributed by atoms with Crippen molar-refractivity contribution in [3.05, 3.63) is 35.4 Å². The van der Waals surface area contributed by atoms with Crippen LogP contribution in [0.2, 0.25) is 0 Å². The summed E-state index contributed by atoms with van der Waals surface area (Å²) in [7, 11) is 0. The van der Waals surface area contributed by atoms with E-state index in [1.54, 1.807) is 39.0 Å². The maximum absolute atomic E-state index is 12.0. The van der Waals surface area contributed by atoms with Crippen molar-refractivity contribution in [1.82, 2.24) is 5.32 Å². The van der Waals surface area contributed by atoms with Gasteiger partial charge in [0.15, 0.2) is 0 Å². The Hall–Kier alpha value is -1.84. The van der Waals surface area contributed by atoms with E-state index in [4.69, 9.17) is 5.11 Å². The number of carboxylic acids is 1. The predicted octanol–water partition coefficient (Wildman–Crippen LogP) is 2.22. The minimum Gasteiger partial charge on any atom is -0.480 e. The lowest BCUT2D eigenvalue weighted by atomic mass is 9.86. The molecule has 1 aromatic rings. The lowest BCUT2D eigenvalue weighted by Crippen LogP contribution is -2.49. The molecule has 18 heavy (non-hydrogen) atoms. The fourth-order valence-corrected chi connectivity index (χ4v) is 1.65. The second-order valence-electron chi connectivity index (χ2n) is 5.48. The molecule has 2 N–H and O–H groups in total. The Balaban J connectivity index is 2.89. The molecule has 0 aliphatic carbocycles.